The van der Waals surface area contributed by atoms with Gasteiger partial charge < -0.3 is 9.30 Å². The third kappa shape index (κ3) is 2.85. The van der Waals surface area contributed by atoms with E-state index in [1.807, 2.05) is 54.2 Å². The molecule has 106 valence electrons. The lowest BCUT2D eigenvalue weighted by Gasteiger charge is -2.09. The van der Waals surface area contributed by atoms with Gasteiger partial charge in [-0.1, -0.05) is 30.3 Å². The first-order valence-corrected chi connectivity index (χ1v) is 7.39. The fourth-order valence-corrected chi connectivity index (χ4v) is 2.83. The summed E-state index contributed by atoms with van der Waals surface area (Å²) in [6, 6.07) is 13.7. The van der Waals surface area contributed by atoms with Crippen LogP contribution in [0.1, 0.15) is 10.4 Å². The molecule has 3 aromatic rings. The van der Waals surface area contributed by atoms with Gasteiger partial charge in [-0.3, -0.25) is 4.79 Å². The molecule has 3 rings (SSSR count). The summed E-state index contributed by atoms with van der Waals surface area (Å²) in [6.07, 6.45) is 3.64. The lowest BCUT2D eigenvalue weighted by Crippen LogP contribution is -2.11. The van der Waals surface area contributed by atoms with Crippen LogP contribution in [0.25, 0.3) is 10.8 Å². The van der Waals surface area contributed by atoms with E-state index in [1.165, 1.54) is 0 Å². The lowest BCUT2D eigenvalue weighted by atomic mass is 10.1. The Labute approximate surface area is 131 Å². The maximum absolute atomic E-state index is 12.1. The number of hydrogen-bond acceptors (Lipinski definition) is 2. The standard InChI is InChI=1S/C17H14BrNO2/c1-19-9-8-13(10-19)15(20)11-21-16-7-6-12-4-2-3-5-14(12)17(16)18/h2-10H,11H2,1H3. The van der Waals surface area contributed by atoms with Crippen molar-refractivity contribution in [2.45, 2.75) is 0 Å². The van der Waals surface area contributed by atoms with Crippen LogP contribution in [0.5, 0.6) is 5.75 Å². The van der Waals surface area contributed by atoms with Crippen molar-refractivity contribution in [1.82, 2.24) is 4.57 Å². The monoisotopic (exact) mass is 343 g/mol. The van der Waals surface area contributed by atoms with E-state index in [4.69, 9.17) is 4.74 Å². The van der Waals surface area contributed by atoms with Gasteiger partial charge in [0.05, 0.1) is 4.47 Å². The number of hydrogen-bond donors (Lipinski definition) is 0. The van der Waals surface area contributed by atoms with Crippen LogP contribution in [-0.2, 0) is 7.05 Å². The average Bonchev–Trinajstić information content (AvgIpc) is 2.93. The first-order chi connectivity index (χ1) is 10.1. The first kappa shape index (κ1) is 13.9. The molecule has 0 aliphatic rings. The number of aromatic nitrogens is 1. The smallest absolute Gasteiger partial charge is 0.201 e. The van der Waals surface area contributed by atoms with Gasteiger partial charge in [0.1, 0.15) is 5.75 Å². The molecule has 3 nitrogen and oxygen atoms in total. The van der Waals surface area contributed by atoms with E-state index in [9.17, 15) is 4.79 Å². The van der Waals surface area contributed by atoms with Crippen LogP contribution >= 0.6 is 15.9 Å². The highest BCUT2D eigenvalue weighted by Gasteiger charge is 2.11. The molecule has 0 atom stereocenters. The number of rotatable bonds is 4. The fraction of sp³-hybridized carbons (Fsp3) is 0.118. The normalized spacial score (nSPS) is 10.8. The maximum atomic E-state index is 12.1. The van der Waals surface area contributed by atoms with Gasteiger partial charge in [0.15, 0.2) is 6.61 Å². The van der Waals surface area contributed by atoms with Gasteiger partial charge in [-0.25, -0.2) is 0 Å². The Bertz CT molecular complexity index is 807. The SMILES string of the molecule is Cn1ccc(C(=O)COc2ccc3ccccc3c2Br)c1. The van der Waals surface area contributed by atoms with Crippen LogP contribution in [0.2, 0.25) is 0 Å². The Balaban J connectivity index is 1.79. The van der Waals surface area contributed by atoms with Gasteiger partial charge in [0.25, 0.3) is 0 Å². The zero-order chi connectivity index (χ0) is 14.8. The minimum Gasteiger partial charge on any atom is -0.484 e. The molecular formula is C17H14BrNO2. The molecule has 0 saturated heterocycles. The van der Waals surface area contributed by atoms with Crippen LogP contribution < -0.4 is 4.74 Å². The quantitative estimate of drug-likeness (QED) is 0.664. The number of benzene rings is 2. The van der Waals surface area contributed by atoms with E-state index in [2.05, 4.69) is 15.9 Å². The Hall–Kier alpha value is -2.07. The molecule has 0 fully saturated rings. The molecule has 4 heteroatoms. The van der Waals surface area contributed by atoms with Gasteiger partial charge in [-0.15, -0.1) is 0 Å². The van der Waals surface area contributed by atoms with Crippen molar-refractivity contribution in [3.8, 4) is 5.75 Å². The van der Waals surface area contributed by atoms with E-state index in [0.717, 1.165) is 15.2 Å². The highest BCUT2D eigenvalue weighted by atomic mass is 79.9. The van der Waals surface area contributed by atoms with Crippen LogP contribution in [0, 0.1) is 0 Å². The Morgan fingerprint density at radius 1 is 1.19 bits per heavy atom. The van der Waals surface area contributed by atoms with Gasteiger partial charge in [-0.2, -0.15) is 0 Å². The number of nitrogens with zero attached hydrogens (tertiary/aromatic N) is 1. The van der Waals surface area contributed by atoms with Crippen molar-refractivity contribution < 1.29 is 9.53 Å². The van der Waals surface area contributed by atoms with Gasteiger partial charge >= 0.3 is 0 Å². The maximum Gasteiger partial charge on any atom is 0.201 e. The van der Waals surface area contributed by atoms with E-state index in [1.54, 1.807) is 12.3 Å². The van der Waals surface area contributed by atoms with Gasteiger partial charge in [0, 0.05) is 25.0 Å². The van der Waals surface area contributed by atoms with E-state index >= 15 is 0 Å². The number of carbonyl (C=O) groups excluding carboxylic acids is 1. The number of Topliss-reactive ketones (excluding diaryl/α,β-unsaturated/α-hetero) is 1. The molecule has 0 spiro atoms. The van der Waals surface area contributed by atoms with Crippen molar-refractivity contribution in [2.24, 2.45) is 7.05 Å². The minimum absolute atomic E-state index is 0.0287. The number of halogens is 1. The molecule has 2 aromatic carbocycles. The zero-order valence-corrected chi connectivity index (χ0v) is 13.1. The number of fused-ring (bicyclic) bond motifs is 1. The van der Waals surface area contributed by atoms with Crippen LogP contribution in [-0.4, -0.2) is 17.0 Å². The molecule has 1 aromatic heterocycles. The third-order valence-corrected chi connectivity index (χ3v) is 4.16. The molecular weight excluding hydrogens is 330 g/mol. The third-order valence-electron chi connectivity index (χ3n) is 3.34. The van der Waals surface area contributed by atoms with Crippen molar-refractivity contribution in [3.63, 3.8) is 0 Å². The predicted octanol–water partition coefficient (Wildman–Crippen LogP) is 4.20. The molecule has 21 heavy (non-hydrogen) atoms. The van der Waals surface area contributed by atoms with Crippen LogP contribution in [0.4, 0.5) is 0 Å². The molecule has 0 bridgehead atoms. The first-order valence-electron chi connectivity index (χ1n) is 6.60. The largest absolute Gasteiger partial charge is 0.484 e. The van der Waals surface area contributed by atoms with Crippen LogP contribution in [0.3, 0.4) is 0 Å². The lowest BCUT2D eigenvalue weighted by molar-refractivity contribution is 0.0921. The van der Waals surface area contributed by atoms with E-state index < -0.39 is 0 Å². The summed E-state index contributed by atoms with van der Waals surface area (Å²) in [5.41, 5.74) is 0.661. The van der Waals surface area contributed by atoms with Crippen LogP contribution in [0.15, 0.2) is 59.3 Å². The number of aryl methyl sites for hydroxylation is 1. The van der Waals surface area contributed by atoms with E-state index in [0.29, 0.717) is 11.3 Å². The Morgan fingerprint density at radius 2 is 2.00 bits per heavy atom. The summed E-state index contributed by atoms with van der Waals surface area (Å²) in [5.74, 6) is 0.647. The fourth-order valence-electron chi connectivity index (χ4n) is 2.22. The number of ketones is 1. The topological polar surface area (TPSA) is 31.2 Å². The highest BCUT2D eigenvalue weighted by molar-refractivity contribution is 9.10. The molecule has 0 N–H and O–H groups in total. The Morgan fingerprint density at radius 3 is 2.76 bits per heavy atom. The van der Waals surface area contributed by atoms with Gasteiger partial charge in [0.2, 0.25) is 5.78 Å². The zero-order valence-electron chi connectivity index (χ0n) is 11.5. The number of ether oxygens (including phenoxy) is 1. The van der Waals surface area contributed by atoms with Crippen molar-refractivity contribution in [1.29, 1.82) is 0 Å². The molecule has 1 heterocycles. The van der Waals surface area contributed by atoms with Gasteiger partial charge in [-0.05, 0) is 38.8 Å². The minimum atomic E-state index is -0.0318. The molecule has 0 saturated carbocycles. The second kappa shape index (κ2) is 5.74. The predicted molar refractivity (Wildman–Crippen MR) is 86.9 cm³/mol. The van der Waals surface area contributed by atoms with E-state index in [-0.39, 0.29) is 12.4 Å². The summed E-state index contributed by atoms with van der Waals surface area (Å²) >= 11 is 3.55. The van der Waals surface area contributed by atoms with Crippen molar-refractivity contribution in [3.05, 3.63) is 64.9 Å². The number of carbonyl (C=O) groups is 1. The Kier molecular flexibility index (Phi) is 3.80. The summed E-state index contributed by atoms with van der Waals surface area (Å²) < 4.78 is 8.39. The molecule has 0 radical (unpaired) electrons. The highest BCUT2D eigenvalue weighted by Crippen LogP contribution is 2.33. The van der Waals surface area contributed by atoms with Crippen molar-refractivity contribution in [2.75, 3.05) is 6.61 Å². The summed E-state index contributed by atoms with van der Waals surface area (Å²) in [7, 11) is 1.89. The second-order valence-corrected chi connectivity index (χ2v) is 5.67. The summed E-state index contributed by atoms with van der Waals surface area (Å²) in [6.45, 7) is 0.0287. The molecule has 0 amide bonds. The molecule has 0 aliphatic heterocycles. The average molecular weight is 344 g/mol. The second-order valence-electron chi connectivity index (χ2n) is 4.88. The molecule has 0 aliphatic carbocycles. The van der Waals surface area contributed by atoms with Crippen molar-refractivity contribution >= 4 is 32.5 Å². The molecule has 0 unspecified atom stereocenters. The summed E-state index contributed by atoms with van der Waals surface area (Å²) in [5, 5.41) is 2.20. The summed E-state index contributed by atoms with van der Waals surface area (Å²) in [4.78, 5) is 12.1.